The van der Waals surface area contributed by atoms with Crippen molar-refractivity contribution in [2.75, 3.05) is 17.7 Å². The van der Waals surface area contributed by atoms with Crippen LogP contribution in [0.15, 0.2) is 54.7 Å². The Hall–Kier alpha value is -3.41. The van der Waals surface area contributed by atoms with Gasteiger partial charge in [-0.25, -0.2) is 9.97 Å². The second-order valence-electron chi connectivity index (χ2n) is 5.89. The van der Waals surface area contributed by atoms with E-state index in [4.69, 9.17) is 4.74 Å². The van der Waals surface area contributed by atoms with Gasteiger partial charge in [0, 0.05) is 23.6 Å². The zero-order chi connectivity index (χ0) is 18.5. The number of anilines is 3. The minimum absolute atomic E-state index is 0.274. The molecule has 0 fully saturated rings. The second kappa shape index (κ2) is 7.65. The molecule has 0 radical (unpaired) electrons. The van der Waals surface area contributed by atoms with E-state index in [1.54, 1.807) is 31.5 Å². The molecule has 1 heterocycles. The monoisotopic (exact) mass is 348 g/mol. The number of amides is 1. The van der Waals surface area contributed by atoms with E-state index in [0.717, 1.165) is 16.8 Å². The van der Waals surface area contributed by atoms with Crippen molar-refractivity contribution in [3.05, 3.63) is 71.5 Å². The summed E-state index contributed by atoms with van der Waals surface area (Å²) in [6, 6.07) is 14.8. The van der Waals surface area contributed by atoms with E-state index in [1.807, 2.05) is 44.2 Å². The van der Waals surface area contributed by atoms with Crippen LogP contribution in [0.25, 0.3) is 0 Å². The molecule has 0 bridgehead atoms. The van der Waals surface area contributed by atoms with Gasteiger partial charge in [-0.3, -0.25) is 4.79 Å². The highest BCUT2D eigenvalue weighted by molar-refractivity contribution is 6.03. The van der Waals surface area contributed by atoms with Crippen LogP contribution in [0.4, 0.5) is 17.3 Å². The minimum atomic E-state index is -0.315. The molecule has 0 unspecified atom stereocenters. The van der Waals surface area contributed by atoms with Gasteiger partial charge in [0.2, 0.25) is 5.95 Å². The lowest BCUT2D eigenvalue weighted by Gasteiger charge is -2.10. The smallest absolute Gasteiger partial charge is 0.274 e. The molecule has 0 spiro atoms. The molecule has 1 amide bonds. The Balaban J connectivity index is 1.77. The van der Waals surface area contributed by atoms with Crippen LogP contribution in [0.5, 0.6) is 5.75 Å². The number of nitrogens with one attached hydrogen (secondary N) is 2. The Morgan fingerprint density at radius 3 is 2.73 bits per heavy atom. The molecule has 6 heteroatoms. The van der Waals surface area contributed by atoms with E-state index in [2.05, 4.69) is 20.6 Å². The summed E-state index contributed by atoms with van der Waals surface area (Å²) in [5.74, 6) is 0.726. The highest BCUT2D eigenvalue weighted by atomic mass is 16.5. The van der Waals surface area contributed by atoms with Crippen LogP contribution in [0.3, 0.4) is 0 Å². The minimum Gasteiger partial charge on any atom is -0.497 e. The number of aryl methyl sites for hydroxylation is 2. The van der Waals surface area contributed by atoms with Crippen molar-refractivity contribution in [1.82, 2.24) is 9.97 Å². The van der Waals surface area contributed by atoms with Gasteiger partial charge in [0.25, 0.3) is 5.91 Å². The van der Waals surface area contributed by atoms with E-state index in [0.29, 0.717) is 17.4 Å². The average Bonchev–Trinajstić information content (AvgIpc) is 2.65. The Bertz CT molecular complexity index is 941. The maximum Gasteiger partial charge on any atom is 0.274 e. The maximum absolute atomic E-state index is 12.5. The largest absolute Gasteiger partial charge is 0.497 e. The molecular formula is C20H20N4O2. The number of ether oxygens (including phenoxy) is 1. The Labute approximate surface area is 152 Å². The SMILES string of the molecule is COc1cccc(NC(=O)c2ccnc(Nc3cc(C)ccc3C)n2)c1. The third-order valence-electron chi connectivity index (χ3n) is 3.86. The first-order chi connectivity index (χ1) is 12.5. The Morgan fingerprint density at radius 1 is 1.08 bits per heavy atom. The van der Waals surface area contributed by atoms with Crippen LogP contribution >= 0.6 is 0 Å². The molecule has 0 saturated carbocycles. The van der Waals surface area contributed by atoms with Crippen LogP contribution in [0, 0.1) is 13.8 Å². The molecule has 0 aliphatic heterocycles. The third-order valence-corrected chi connectivity index (χ3v) is 3.86. The number of hydrogen-bond donors (Lipinski definition) is 2. The first kappa shape index (κ1) is 17.4. The third kappa shape index (κ3) is 4.16. The lowest BCUT2D eigenvalue weighted by molar-refractivity contribution is 0.102. The van der Waals surface area contributed by atoms with Crippen molar-refractivity contribution in [1.29, 1.82) is 0 Å². The molecule has 3 rings (SSSR count). The fourth-order valence-corrected chi connectivity index (χ4v) is 2.43. The highest BCUT2D eigenvalue weighted by Crippen LogP contribution is 2.20. The maximum atomic E-state index is 12.5. The van der Waals surface area contributed by atoms with Gasteiger partial charge in [0.15, 0.2) is 0 Å². The Kier molecular flexibility index (Phi) is 5.12. The summed E-state index contributed by atoms with van der Waals surface area (Å²) < 4.78 is 5.16. The highest BCUT2D eigenvalue weighted by Gasteiger charge is 2.10. The van der Waals surface area contributed by atoms with Crippen molar-refractivity contribution >= 4 is 23.2 Å². The van der Waals surface area contributed by atoms with Gasteiger partial charge in [0.1, 0.15) is 11.4 Å². The molecule has 0 aliphatic carbocycles. The lowest BCUT2D eigenvalue weighted by atomic mass is 10.1. The number of aromatic nitrogens is 2. The molecule has 2 aromatic carbocycles. The zero-order valence-electron chi connectivity index (χ0n) is 14.9. The summed E-state index contributed by atoms with van der Waals surface area (Å²) in [6.07, 6.45) is 1.56. The zero-order valence-corrected chi connectivity index (χ0v) is 14.9. The molecular weight excluding hydrogens is 328 g/mol. The molecule has 0 atom stereocenters. The molecule has 26 heavy (non-hydrogen) atoms. The van der Waals surface area contributed by atoms with E-state index >= 15 is 0 Å². The summed E-state index contributed by atoms with van der Waals surface area (Å²) in [7, 11) is 1.58. The van der Waals surface area contributed by atoms with E-state index < -0.39 is 0 Å². The van der Waals surface area contributed by atoms with Crippen LogP contribution in [-0.4, -0.2) is 23.0 Å². The Morgan fingerprint density at radius 2 is 1.92 bits per heavy atom. The van der Waals surface area contributed by atoms with E-state index in [-0.39, 0.29) is 11.6 Å². The summed E-state index contributed by atoms with van der Waals surface area (Å²) in [5, 5.41) is 5.98. The fourth-order valence-electron chi connectivity index (χ4n) is 2.43. The normalized spacial score (nSPS) is 10.3. The van der Waals surface area contributed by atoms with Crippen LogP contribution in [0.2, 0.25) is 0 Å². The van der Waals surface area contributed by atoms with Crippen molar-refractivity contribution in [2.24, 2.45) is 0 Å². The lowest BCUT2D eigenvalue weighted by Crippen LogP contribution is -2.14. The summed E-state index contributed by atoms with van der Waals surface area (Å²) in [4.78, 5) is 21.0. The molecule has 1 aromatic heterocycles. The van der Waals surface area contributed by atoms with Gasteiger partial charge in [0.05, 0.1) is 7.11 Å². The first-order valence-electron chi connectivity index (χ1n) is 8.18. The number of carbonyl (C=O) groups excluding carboxylic acids is 1. The number of carbonyl (C=O) groups is 1. The predicted octanol–water partition coefficient (Wildman–Crippen LogP) is 4.10. The van der Waals surface area contributed by atoms with Gasteiger partial charge in [-0.05, 0) is 49.2 Å². The summed E-state index contributed by atoms with van der Waals surface area (Å²) in [6.45, 7) is 4.02. The fraction of sp³-hybridized carbons (Fsp3) is 0.150. The van der Waals surface area contributed by atoms with Gasteiger partial charge in [-0.2, -0.15) is 0 Å². The van der Waals surface area contributed by atoms with Crippen molar-refractivity contribution in [3.63, 3.8) is 0 Å². The summed E-state index contributed by atoms with van der Waals surface area (Å²) in [5.41, 5.74) is 4.03. The van der Waals surface area contributed by atoms with Crippen molar-refractivity contribution in [2.45, 2.75) is 13.8 Å². The summed E-state index contributed by atoms with van der Waals surface area (Å²) >= 11 is 0. The molecule has 6 nitrogen and oxygen atoms in total. The molecule has 132 valence electrons. The van der Waals surface area contributed by atoms with Crippen LogP contribution in [-0.2, 0) is 0 Å². The van der Waals surface area contributed by atoms with E-state index in [1.165, 1.54) is 0 Å². The molecule has 0 saturated heterocycles. The number of methoxy groups -OCH3 is 1. The predicted molar refractivity (Wildman–Crippen MR) is 102 cm³/mol. The number of nitrogens with zero attached hydrogens (tertiary/aromatic N) is 2. The van der Waals surface area contributed by atoms with Crippen LogP contribution < -0.4 is 15.4 Å². The van der Waals surface area contributed by atoms with E-state index in [9.17, 15) is 4.79 Å². The van der Waals surface area contributed by atoms with Crippen molar-refractivity contribution in [3.8, 4) is 5.75 Å². The van der Waals surface area contributed by atoms with Crippen LogP contribution in [0.1, 0.15) is 21.6 Å². The molecule has 3 aromatic rings. The first-order valence-corrected chi connectivity index (χ1v) is 8.18. The molecule has 2 N–H and O–H groups in total. The van der Waals surface area contributed by atoms with Gasteiger partial charge in [-0.15, -0.1) is 0 Å². The average molecular weight is 348 g/mol. The molecule has 0 aliphatic rings. The number of rotatable bonds is 5. The second-order valence-corrected chi connectivity index (χ2v) is 5.89. The number of hydrogen-bond acceptors (Lipinski definition) is 5. The topological polar surface area (TPSA) is 76.1 Å². The van der Waals surface area contributed by atoms with Crippen molar-refractivity contribution < 1.29 is 9.53 Å². The van der Waals surface area contributed by atoms with Gasteiger partial charge < -0.3 is 15.4 Å². The van der Waals surface area contributed by atoms with Gasteiger partial charge >= 0.3 is 0 Å². The standard InChI is InChI=1S/C20H20N4O2/c1-13-7-8-14(2)18(11-13)24-20-21-10-9-17(23-20)19(25)22-15-5-4-6-16(12-15)26-3/h4-12H,1-3H3,(H,22,25)(H,21,23,24). The number of benzene rings is 2. The quantitative estimate of drug-likeness (QED) is 0.726. The van der Waals surface area contributed by atoms with Gasteiger partial charge in [-0.1, -0.05) is 18.2 Å².